The molecule has 1 aliphatic heterocycles. The molecule has 1 saturated carbocycles. The molecule has 0 unspecified atom stereocenters. The zero-order valence-corrected chi connectivity index (χ0v) is 18.5. The number of rotatable bonds is 2. The maximum Gasteiger partial charge on any atom is 0.199 e. The first kappa shape index (κ1) is 19.2. The summed E-state index contributed by atoms with van der Waals surface area (Å²) in [4.78, 5) is 4.61. The van der Waals surface area contributed by atoms with Gasteiger partial charge in [0, 0.05) is 35.9 Å². The summed E-state index contributed by atoms with van der Waals surface area (Å²) in [5.74, 6) is 0.799. The molecule has 0 amide bonds. The lowest BCUT2D eigenvalue weighted by Crippen LogP contribution is -2.61. The fourth-order valence-corrected chi connectivity index (χ4v) is 6.38. The highest BCUT2D eigenvalue weighted by Gasteiger charge is 2.64. The van der Waals surface area contributed by atoms with Crippen molar-refractivity contribution < 1.29 is 9.47 Å². The molecule has 5 rings (SSSR count). The van der Waals surface area contributed by atoms with Gasteiger partial charge in [-0.05, 0) is 39.0 Å². The summed E-state index contributed by atoms with van der Waals surface area (Å²) in [5.41, 5.74) is 3.57. The molecule has 2 aromatic rings. The number of ether oxygens (including phenoxy) is 2. The summed E-state index contributed by atoms with van der Waals surface area (Å²) in [6, 6.07) is 0.295. The molecular formula is C22H33N5O2. The first-order valence-corrected chi connectivity index (χ1v) is 11.0. The van der Waals surface area contributed by atoms with Crippen LogP contribution < -0.4 is 0 Å². The Morgan fingerprint density at radius 3 is 2.48 bits per heavy atom. The van der Waals surface area contributed by atoms with Crippen molar-refractivity contribution in [3.05, 3.63) is 17.6 Å². The quantitative estimate of drug-likeness (QED) is 0.771. The Balaban J connectivity index is 1.58. The van der Waals surface area contributed by atoms with Crippen LogP contribution in [0.2, 0.25) is 0 Å². The van der Waals surface area contributed by atoms with E-state index in [9.17, 15) is 0 Å². The van der Waals surface area contributed by atoms with Gasteiger partial charge in [0.25, 0.3) is 0 Å². The minimum absolute atomic E-state index is 0.00820. The van der Waals surface area contributed by atoms with E-state index in [1.165, 1.54) is 11.3 Å². The van der Waals surface area contributed by atoms with Crippen LogP contribution in [0, 0.1) is 11.3 Å². The topological polar surface area (TPSA) is 67.0 Å². The standard InChI is InChI=1S/C22H33N5O2/c1-14(2)27-13-23-19(25-27)17-15-7-8-16-20(3,4)22(28-11-12-29-22)10-9-21(16,5)18(15)24-26(17)6/h13-14,16H,7-12H2,1-6H3/t16-,21-/m0/s1. The predicted molar refractivity (Wildman–Crippen MR) is 109 cm³/mol. The average molecular weight is 400 g/mol. The molecule has 158 valence electrons. The van der Waals surface area contributed by atoms with Crippen LogP contribution in [0.5, 0.6) is 0 Å². The third kappa shape index (κ3) is 2.46. The Morgan fingerprint density at radius 2 is 1.83 bits per heavy atom. The maximum atomic E-state index is 6.23. The average Bonchev–Trinajstić information content (AvgIpc) is 3.38. The molecule has 29 heavy (non-hydrogen) atoms. The van der Waals surface area contributed by atoms with Crippen molar-refractivity contribution in [3.63, 3.8) is 0 Å². The summed E-state index contributed by atoms with van der Waals surface area (Å²) >= 11 is 0. The second-order valence-corrected chi connectivity index (χ2v) is 10.1. The number of hydrogen-bond donors (Lipinski definition) is 0. The molecule has 0 aromatic carbocycles. The van der Waals surface area contributed by atoms with Gasteiger partial charge in [0.05, 0.1) is 18.9 Å². The van der Waals surface area contributed by atoms with Gasteiger partial charge in [-0.2, -0.15) is 5.10 Å². The zero-order valence-electron chi connectivity index (χ0n) is 18.5. The van der Waals surface area contributed by atoms with E-state index in [1.807, 2.05) is 22.7 Å². The lowest BCUT2D eigenvalue weighted by Gasteiger charge is -2.59. The van der Waals surface area contributed by atoms with Gasteiger partial charge < -0.3 is 9.47 Å². The SMILES string of the molecule is CC(C)n1cnc(-c2c3c(nn2C)[C@@]2(C)CCC4(OCCO4)C(C)(C)[C@@H]2CC3)n1. The molecule has 7 nitrogen and oxygen atoms in total. The van der Waals surface area contributed by atoms with Crippen LogP contribution in [0.4, 0.5) is 0 Å². The molecule has 0 radical (unpaired) electrons. The van der Waals surface area contributed by atoms with E-state index in [2.05, 4.69) is 39.6 Å². The Bertz CT molecular complexity index is 937. The number of aromatic nitrogens is 5. The van der Waals surface area contributed by atoms with Crippen molar-refractivity contribution in [3.8, 4) is 11.5 Å². The zero-order chi connectivity index (χ0) is 20.6. The van der Waals surface area contributed by atoms with E-state index in [0.717, 1.165) is 37.2 Å². The smallest absolute Gasteiger partial charge is 0.199 e. The molecular weight excluding hydrogens is 366 g/mol. The van der Waals surface area contributed by atoms with E-state index in [4.69, 9.17) is 19.7 Å². The summed E-state index contributed by atoms with van der Waals surface area (Å²) in [6.45, 7) is 12.7. The first-order chi connectivity index (χ1) is 13.7. The molecule has 3 heterocycles. The van der Waals surface area contributed by atoms with Crippen molar-refractivity contribution in [1.29, 1.82) is 0 Å². The molecule has 7 heteroatoms. The summed E-state index contributed by atoms with van der Waals surface area (Å²) in [5, 5.41) is 9.80. The molecule has 0 bridgehead atoms. The van der Waals surface area contributed by atoms with E-state index in [-0.39, 0.29) is 10.8 Å². The van der Waals surface area contributed by atoms with E-state index >= 15 is 0 Å². The van der Waals surface area contributed by atoms with E-state index in [1.54, 1.807) is 0 Å². The summed E-state index contributed by atoms with van der Waals surface area (Å²) in [6.07, 6.45) is 5.87. The molecule has 2 fully saturated rings. The van der Waals surface area contributed by atoms with Gasteiger partial charge in [-0.25, -0.2) is 9.67 Å². The van der Waals surface area contributed by atoms with Crippen molar-refractivity contribution in [2.45, 2.75) is 77.5 Å². The van der Waals surface area contributed by atoms with Crippen LogP contribution in [-0.4, -0.2) is 43.5 Å². The highest BCUT2D eigenvalue weighted by Crippen LogP contribution is 2.62. The Kier molecular flexibility index (Phi) is 4.07. The molecule has 1 saturated heterocycles. The largest absolute Gasteiger partial charge is 0.347 e. The monoisotopic (exact) mass is 399 g/mol. The third-order valence-electron chi connectivity index (χ3n) is 7.97. The predicted octanol–water partition coefficient (Wildman–Crippen LogP) is 3.64. The van der Waals surface area contributed by atoms with Crippen LogP contribution in [0.15, 0.2) is 6.33 Å². The molecule has 2 aromatic heterocycles. The number of fused-ring (bicyclic) bond motifs is 3. The van der Waals surface area contributed by atoms with Crippen molar-refractivity contribution in [1.82, 2.24) is 24.5 Å². The normalized spacial score (nSPS) is 30.0. The van der Waals surface area contributed by atoms with Crippen molar-refractivity contribution in [2.24, 2.45) is 18.4 Å². The van der Waals surface area contributed by atoms with Crippen LogP contribution >= 0.6 is 0 Å². The summed E-state index contributed by atoms with van der Waals surface area (Å²) in [7, 11) is 2.03. The van der Waals surface area contributed by atoms with Crippen LogP contribution in [0.25, 0.3) is 11.5 Å². The Morgan fingerprint density at radius 1 is 1.10 bits per heavy atom. The highest BCUT2D eigenvalue weighted by molar-refractivity contribution is 5.59. The van der Waals surface area contributed by atoms with Crippen LogP contribution in [0.3, 0.4) is 0 Å². The fraction of sp³-hybridized carbons (Fsp3) is 0.773. The molecule has 2 aliphatic carbocycles. The molecule has 2 atom stereocenters. The Labute approximate surface area is 172 Å². The van der Waals surface area contributed by atoms with Gasteiger partial charge in [-0.1, -0.05) is 20.8 Å². The van der Waals surface area contributed by atoms with Gasteiger partial charge in [-0.15, -0.1) is 5.10 Å². The minimum atomic E-state index is -0.441. The highest BCUT2D eigenvalue weighted by atomic mass is 16.7. The minimum Gasteiger partial charge on any atom is -0.347 e. The number of hydrogen-bond acceptors (Lipinski definition) is 5. The van der Waals surface area contributed by atoms with Gasteiger partial charge in [0.15, 0.2) is 11.6 Å². The number of nitrogens with zero attached hydrogens (tertiary/aromatic N) is 5. The van der Waals surface area contributed by atoms with Gasteiger partial charge in [0.2, 0.25) is 0 Å². The third-order valence-corrected chi connectivity index (χ3v) is 7.97. The molecule has 1 spiro atoms. The van der Waals surface area contributed by atoms with Crippen molar-refractivity contribution >= 4 is 0 Å². The van der Waals surface area contributed by atoms with Gasteiger partial charge >= 0.3 is 0 Å². The second kappa shape index (κ2) is 6.14. The first-order valence-electron chi connectivity index (χ1n) is 11.0. The van der Waals surface area contributed by atoms with E-state index in [0.29, 0.717) is 25.2 Å². The van der Waals surface area contributed by atoms with Gasteiger partial charge in [-0.3, -0.25) is 4.68 Å². The summed E-state index contributed by atoms with van der Waals surface area (Å²) < 4.78 is 16.4. The number of aryl methyl sites for hydroxylation is 1. The van der Waals surface area contributed by atoms with Crippen molar-refractivity contribution in [2.75, 3.05) is 13.2 Å². The van der Waals surface area contributed by atoms with Gasteiger partial charge in [0.1, 0.15) is 12.0 Å². The fourth-order valence-electron chi connectivity index (χ4n) is 6.38. The second-order valence-electron chi connectivity index (χ2n) is 10.1. The lowest BCUT2D eigenvalue weighted by atomic mass is 9.49. The maximum absolute atomic E-state index is 6.23. The molecule has 3 aliphatic rings. The van der Waals surface area contributed by atoms with Crippen LogP contribution in [-0.2, 0) is 28.4 Å². The molecule has 0 N–H and O–H groups in total. The van der Waals surface area contributed by atoms with E-state index < -0.39 is 5.79 Å². The lowest BCUT2D eigenvalue weighted by molar-refractivity contribution is -0.276. The van der Waals surface area contributed by atoms with Crippen LogP contribution in [0.1, 0.15) is 71.2 Å². The Hall–Kier alpha value is -1.73.